The third kappa shape index (κ3) is 2.30. The predicted octanol–water partition coefficient (Wildman–Crippen LogP) is 2.45. The van der Waals surface area contributed by atoms with E-state index in [1.807, 2.05) is 0 Å². The average molecular weight is 245 g/mol. The number of amides is 1. The molecule has 94 valence electrons. The first-order valence-electron chi connectivity index (χ1n) is 6.43. The summed E-state index contributed by atoms with van der Waals surface area (Å²) in [6.45, 7) is 0. The fraction of sp³-hybridized carbons (Fsp3) is 0.400. The first-order chi connectivity index (χ1) is 8.70. The number of fused-ring (bicyclic) bond motifs is 2. The van der Waals surface area contributed by atoms with Crippen molar-refractivity contribution in [3.05, 3.63) is 47.8 Å². The van der Waals surface area contributed by atoms with Gasteiger partial charge in [0.2, 0.25) is 5.91 Å². The normalized spacial score (nSPS) is 28.6. The van der Waals surface area contributed by atoms with Crippen molar-refractivity contribution in [2.45, 2.75) is 25.3 Å². The highest BCUT2D eigenvalue weighted by Crippen LogP contribution is 2.38. The first kappa shape index (κ1) is 11.5. The molecule has 1 aromatic carbocycles. The van der Waals surface area contributed by atoms with Crippen LogP contribution in [0.1, 0.15) is 18.4 Å². The SMILES string of the molecule is O=C(Cc1ccc(F)cc1)NC1CC2C=CC1C2. The molecule has 3 rings (SSSR count). The molecule has 3 unspecified atom stereocenters. The largest absolute Gasteiger partial charge is 0.352 e. The molecule has 2 aliphatic carbocycles. The predicted molar refractivity (Wildman–Crippen MR) is 67.4 cm³/mol. The Bertz CT molecular complexity index is 480. The second kappa shape index (κ2) is 4.56. The zero-order valence-corrected chi connectivity index (χ0v) is 10.1. The lowest BCUT2D eigenvalue weighted by molar-refractivity contribution is -0.121. The Morgan fingerprint density at radius 1 is 1.22 bits per heavy atom. The molecule has 18 heavy (non-hydrogen) atoms. The van der Waals surface area contributed by atoms with Crippen molar-refractivity contribution >= 4 is 5.91 Å². The molecule has 0 spiro atoms. The number of hydrogen-bond acceptors (Lipinski definition) is 1. The zero-order chi connectivity index (χ0) is 12.5. The van der Waals surface area contributed by atoms with Crippen molar-refractivity contribution in [2.75, 3.05) is 0 Å². The number of benzene rings is 1. The van der Waals surface area contributed by atoms with Crippen molar-refractivity contribution in [3.8, 4) is 0 Å². The number of nitrogens with one attached hydrogen (secondary N) is 1. The summed E-state index contributed by atoms with van der Waals surface area (Å²) in [6.07, 6.45) is 7.06. The van der Waals surface area contributed by atoms with Crippen LogP contribution in [0.2, 0.25) is 0 Å². The highest BCUT2D eigenvalue weighted by atomic mass is 19.1. The Morgan fingerprint density at radius 3 is 2.61 bits per heavy atom. The molecule has 1 fully saturated rings. The van der Waals surface area contributed by atoms with Gasteiger partial charge < -0.3 is 5.32 Å². The van der Waals surface area contributed by atoms with E-state index in [0.29, 0.717) is 24.3 Å². The van der Waals surface area contributed by atoms with Crippen LogP contribution in [0, 0.1) is 17.7 Å². The summed E-state index contributed by atoms with van der Waals surface area (Å²) in [4.78, 5) is 11.9. The van der Waals surface area contributed by atoms with Crippen molar-refractivity contribution in [1.29, 1.82) is 0 Å². The maximum Gasteiger partial charge on any atom is 0.224 e. The van der Waals surface area contributed by atoms with Gasteiger partial charge in [-0.2, -0.15) is 0 Å². The molecule has 3 heteroatoms. The Hall–Kier alpha value is -1.64. The molecule has 1 N–H and O–H groups in total. The van der Waals surface area contributed by atoms with Gasteiger partial charge in [0.25, 0.3) is 0 Å². The van der Waals surface area contributed by atoms with Crippen LogP contribution in [-0.4, -0.2) is 11.9 Å². The summed E-state index contributed by atoms with van der Waals surface area (Å²) in [5.74, 6) is 0.947. The molecule has 2 bridgehead atoms. The van der Waals surface area contributed by atoms with Crippen LogP contribution in [0.3, 0.4) is 0 Å². The summed E-state index contributed by atoms with van der Waals surface area (Å²) < 4.78 is 12.7. The molecular weight excluding hydrogens is 229 g/mol. The van der Waals surface area contributed by atoms with Gasteiger partial charge in [-0.05, 0) is 42.4 Å². The number of allylic oxidation sites excluding steroid dienone is 1. The van der Waals surface area contributed by atoms with Crippen LogP contribution in [-0.2, 0) is 11.2 Å². The lowest BCUT2D eigenvalue weighted by Crippen LogP contribution is -2.38. The van der Waals surface area contributed by atoms with E-state index in [1.54, 1.807) is 12.1 Å². The third-order valence-electron chi connectivity index (χ3n) is 3.90. The van der Waals surface area contributed by atoms with Gasteiger partial charge in [-0.25, -0.2) is 4.39 Å². The van der Waals surface area contributed by atoms with E-state index in [1.165, 1.54) is 18.6 Å². The van der Waals surface area contributed by atoms with Gasteiger partial charge in [0, 0.05) is 6.04 Å². The quantitative estimate of drug-likeness (QED) is 0.814. The van der Waals surface area contributed by atoms with Crippen molar-refractivity contribution < 1.29 is 9.18 Å². The standard InChI is InChI=1S/C15H16FNO/c16-13-5-2-10(3-6-13)9-15(18)17-14-8-11-1-4-12(14)7-11/h1-6,11-12,14H,7-9H2,(H,17,18). The van der Waals surface area contributed by atoms with Crippen LogP contribution < -0.4 is 5.32 Å². The smallest absolute Gasteiger partial charge is 0.224 e. The van der Waals surface area contributed by atoms with Gasteiger partial charge in [0.1, 0.15) is 5.82 Å². The fourth-order valence-corrected chi connectivity index (χ4v) is 2.99. The van der Waals surface area contributed by atoms with E-state index >= 15 is 0 Å². The van der Waals surface area contributed by atoms with Crippen molar-refractivity contribution in [2.24, 2.45) is 11.8 Å². The van der Waals surface area contributed by atoms with Gasteiger partial charge in [0.05, 0.1) is 6.42 Å². The second-order valence-corrected chi connectivity index (χ2v) is 5.26. The van der Waals surface area contributed by atoms with Gasteiger partial charge in [-0.15, -0.1) is 0 Å². The molecule has 2 nitrogen and oxygen atoms in total. The minimum Gasteiger partial charge on any atom is -0.352 e. The van der Waals surface area contributed by atoms with Crippen molar-refractivity contribution in [3.63, 3.8) is 0 Å². The Kier molecular flexibility index (Phi) is 2.90. The lowest BCUT2D eigenvalue weighted by atomic mass is 10.0. The Balaban J connectivity index is 1.56. The number of carbonyl (C=O) groups excluding carboxylic acids is 1. The molecule has 0 heterocycles. The van der Waals surface area contributed by atoms with E-state index in [2.05, 4.69) is 17.5 Å². The van der Waals surface area contributed by atoms with Crippen LogP contribution >= 0.6 is 0 Å². The number of hydrogen-bond donors (Lipinski definition) is 1. The van der Waals surface area contributed by atoms with Crippen LogP contribution in [0.4, 0.5) is 4.39 Å². The highest BCUT2D eigenvalue weighted by Gasteiger charge is 2.36. The fourth-order valence-electron chi connectivity index (χ4n) is 2.99. The molecule has 0 aliphatic heterocycles. The van der Waals surface area contributed by atoms with E-state index in [0.717, 1.165) is 12.0 Å². The van der Waals surface area contributed by atoms with Gasteiger partial charge in [-0.3, -0.25) is 4.79 Å². The molecule has 3 atom stereocenters. The van der Waals surface area contributed by atoms with Gasteiger partial charge >= 0.3 is 0 Å². The van der Waals surface area contributed by atoms with Gasteiger partial charge in [-0.1, -0.05) is 24.3 Å². The molecule has 1 aromatic rings. The van der Waals surface area contributed by atoms with E-state index < -0.39 is 0 Å². The molecule has 0 radical (unpaired) electrons. The third-order valence-corrected chi connectivity index (χ3v) is 3.90. The molecule has 0 aromatic heterocycles. The zero-order valence-electron chi connectivity index (χ0n) is 10.1. The minimum atomic E-state index is -0.266. The number of rotatable bonds is 3. The van der Waals surface area contributed by atoms with Crippen molar-refractivity contribution in [1.82, 2.24) is 5.32 Å². The number of halogens is 1. The van der Waals surface area contributed by atoms with Crippen LogP contribution in [0.5, 0.6) is 0 Å². The van der Waals surface area contributed by atoms with Crippen LogP contribution in [0.15, 0.2) is 36.4 Å². The summed E-state index contributed by atoms with van der Waals surface area (Å²) in [5.41, 5.74) is 0.854. The van der Waals surface area contributed by atoms with E-state index in [9.17, 15) is 9.18 Å². The highest BCUT2D eigenvalue weighted by molar-refractivity contribution is 5.79. The van der Waals surface area contributed by atoms with Gasteiger partial charge in [0.15, 0.2) is 0 Å². The summed E-state index contributed by atoms with van der Waals surface area (Å²) >= 11 is 0. The monoisotopic (exact) mass is 245 g/mol. The Morgan fingerprint density at radius 2 is 2.00 bits per heavy atom. The van der Waals surface area contributed by atoms with Crippen LogP contribution in [0.25, 0.3) is 0 Å². The maximum atomic E-state index is 12.7. The first-order valence-corrected chi connectivity index (χ1v) is 6.43. The lowest BCUT2D eigenvalue weighted by Gasteiger charge is -2.19. The average Bonchev–Trinajstić information content (AvgIpc) is 2.94. The molecule has 1 amide bonds. The maximum absolute atomic E-state index is 12.7. The van der Waals surface area contributed by atoms with E-state index in [4.69, 9.17) is 0 Å². The molecule has 1 saturated carbocycles. The second-order valence-electron chi connectivity index (χ2n) is 5.26. The minimum absolute atomic E-state index is 0.0348. The number of carbonyl (C=O) groups is 1. The summed E-state index contributed by atoms with van der Waals surface area (Å²) in [6, 6.07) is 6.41. The summed E-state index contributed by atoms with van der Waals surface area (Å²) in [7, 11) is 0. The topological polar surface area (TPSA) is 29.1 Å². The molecule has 0 saturated heterocycles. The Labute approximate surface area is 106 Å². The summed E-state index contributed by atoms with van der Waals surface area (Å²) in [5, 5.41) is 3.09. The molecular formula is C15H16FNO. The molecule has 2 aliphatic rings. The van der Waals surface area contributed by atoms with E-state index in [-0.39, 0.29) is 11.7 Å².